The zero-order valence-electron chi connectivity index (χ0n) is 11.1. The zero-order chi connectivity index (χ0) is 13.6. The van der Waals surface area contributed by atoms with E-state index in [0.717, 1.165) is 0 Å². The molecule has 0 aromatic rings. The van der Waals surface area contributed by atoms with Crippen molar-refractivity contribution in [2.75, 3.05) is 0 Å². The van der Waals surface area contributed by atoms with Gasteiger partial charge in [0.1, 0.15) is 6.17 Å². The van der Waals surface area contributed by atoms with E-state index < -0.39 is 0 Å². The van der Waals surface area contributed by atoms with E-state index in [1.54, 1.807) is 13.8 Å². The Morgan fingerprint density at radius 1 is 1.00 bits per heavy atom. The van der Waals surface area contributed by atoms with E-state index in [1.165, 1.54) is 0 Å². The smallest absolute Gasteiger partial charge is 0.247 e. The Hall–Kier alpha value is -1.58. The zero-order valence-corrected chi connectivity index (χ0v) is 11.1. The fraction of sp³-hybridized carbons (Fsp3) is 0.538. The molecule has 0 spiro atoms. The van der Waals surface area contributed by atoms with Crippen LogP contribution in [-0.2, 0) is 9.59 Å². The lowest BCUT2D eigenvalue weighted by Crippen LogP contribution is -2.49. The quantitative estimate of drug-likeness (QED) is 0.547. The number of nitrogens with one attached hydrogen (secondary N) is 2. The fourth-order valence-corrected chi connectivity index (χ4v) is 1.19. The molecular formula is C13H22N2O2. The van der Waals surface area contributed by atoms with E-state index in [9.17, 15) is 9.59 Å². The summed E-state index contributed by atoms with van der Waals surface area (Å²) in [5.41, 5.74) is 0.840. The molecule has 0 aliphatic rings. The highest BCUT2D eigenvalue weighted by atomic mass is 16.2. The van der Waals surface area contributed by atoms with Gasteiger partial charge in [0.15, 0.2) is 0 Å². The van der Waals surface area contributed by atoms with Crippen molar-refractivity contribution < 1.29 is 9.59 Å². The first-order valence-corrected chi connectivity index (χ1v) is 5.66. The number of hydrogen-bond acceptors (Lipinski definition) is 2. The molecule has 0 saturated carbocycles. The number of hydrogen-bond donors (Lipinski definition) is 2. The molecule has 0 unspecified atom stereocenters. The molecule has 17 heavy (non-hydrogen) atoms. The van der Waals surface area contributed by atoms with Gasteiger partial charge in [0.2, 0.25) is 11.8 Å². The highest BCUT2D eigenvalue weighted by molar-refractivity contribution is 5.94. The van der Waals surface area contributed by atoms with Crippen LogP contribution in [0.1, 0.15) is 34.1 Å². The van der Waals surface area contributed by atoms with Gasteiger partial charge in [0, 0.05) is 11.1 Å². The van der Waals surface area contributed by atoms with E-state index in [1.807, 2.05) is 13.8 Å². The van der Waals surface area contributed by atoms with Gasteiger partial charge in [-0.25, -0.2) is 0 Å². The summed E-state index contributed by atoms with van der Waals surface area (Å²) >= 11 is 0. The molecule has 0 heterocycles. The first-order valence-electron chi connectivity index (χ1n) is 5.66. The Morgan fingerprint density at radius 3 is 1.59 bits per heavy atom. The highest BCUT2D eigenvalue weighted by Crippen LogP contribution is 2.04. The summed E-state index contributed by atoms with van der Waals surface area (Å²) in [4.78, 5) is 23.0. The summed E-state index contributed by atoms with van der Waals surface area (Å²) < 4.78 is 0. The normalized spacial score (nSPS) is 10.2. The topological polar surface area (TPSA) is 58.2 Å². The number of carbonyl (C=O) groups is 2. The lowest BCUT2D eigenvalue weighted by Gasteiger charge is -2.22. The number of carbonyl (C=O) groups excluding carboxylic acids is 2. The highest BCUT2D eigenvalue weighted by Gasteiger charge is 2.16. The Morgan fingerprint density at radius 2 is 1.35 bits per heavy atom. The average Bonchev–Trinajstić information content (AvgIpc) is 2.15. The molecule has 2 amide bonds. The van der Waals surface area contributed by atoms with Gasteiger partial charge in [-0.15, -0.1) is 0 Å². The first-order chi connectivity index (χ1) is 7.73. The van der Waals surface area contributed by atoms with Crippen molar-refractivity contribution in [1.82, 2.24) is 10.6 Å². The molecule has 0 fully saturated rings. The van der Waals surface area contributed by atoms with Crippen LogP contribution >= 0.6 is 0 Å². The maximum Gasteiger partial charge on any atom is 0.247 e. The summed E-state index contributed by atoms with van der Waals surface area (Å²) in [7, 11) is 0. The molecule has 0 bridgehead atoms. The third kappa shape index (κ3) is 6.56. The largest absolute Gasteiger partial charge is 0.332 e. The maximum absolute atomic E-state index is 11.5. The minimum atomic E-state index is -0.386. The molecule has 2 N–H and O–H groups in total. The third-order valence-electron chi connectivity index (χ3n) is 2.09. The van der Waals surface area contributed by atoms with Crippen LogP contribution in [0.15, 0.2) is 24.3 Å². The van der Waals surface area contributed by atoms with Gasteiger partial charge in [-0.2, -0.15) is 0 Å². The van der Waals surface area contributed by atoms with Crippen molar-refractivity contribution in [2.24, 2.45) is 5.92 Å². The van der Waals surface area contributed by atoms with Gasteiger partial charge in [-0.3, -0.25) is 9.59 Å². The van der Waals surface area contributed by atoms with E-state index in [-0.39, 0.29) is 18.0 Å². The van der Waals surface area contributed by atoms with Crippen molar-refractivity contribution in [2.45, 2.75) is 40.3 Å². The van der Waals surface area contributed by atoms with E-state index in [4.69, 9.17) is 0 Å². The molecular weight excluding hydrogens is 216 g/mol. The molecule has 0 radical (unpaired) electrons. The van der Waals surface area contributed by atoms with Gasteiger partial charge in [-0.1, -0.05) is 27.0 Å². The Labute approximate surface area is 103 Å². The van der Waals surface area contributed by atoms with Crippen LogP contribution in [-0.4, -0.2) is 18.0 Å². The maximum atomic E-state index is 11.5. The molecule has 0 aromatic heterocycles. The van der Waals surface area contributed by atoms with Crippen molar-refractivity contribution >= 4 is 11.8 Å². The van der Waals surface area contributed by atoms with Crippen molar-refractivity contribution in [3.05, 3.63) is 24.3 Å². The van der Waals surface area contributed by atoms with Crippen LogP contribution in [0.2, 0.25) is 0 Å². The van der Waals surface area contributed by atoms with Crippen LogP contribution < -0.4 is 10.6 Å². The first kappa shape index (κ1) is 15.4. The second-order valence-corrected chi connectivity index (χ2v) is 4.69. The lowest BCUT2D eigenvalue weighted by molar-refractivity contribution is -0.120. The standard InChI is InChI=1S/C13H22N2O2/c1-8(2)7-11(14-12(16)9(3)4)15-13(17)10(5)6/h8,11H,3,5,7H2,1-2,4,6H3,(H,14,16)(H,15,17). The van der Waals surface area contributed by atoms with Gasteiger partial charge in [0.25, 0.3) is 0 Å². The summed E-state index contributed by atoms with van der Waals surface area (Å²) in [6, 6.07) is 0. The van der Waals surface area contributed by atoms with Gasteiger partial charge >= 0.3 is 0 Å². The predicted octanol–water partition coefficient (Wildman–Crippen LogP) is 1.74. The molecule has 0 atom stereocenters. The van der Waals surface area contributed by atoms with Crippen LogP contribution in [0, 0.1) is 5.92 Å². The van der Waals surface area contributed by atoms with Crippen molar-refractivity contribution in [3.8, 4) is 0 Å². The molecule has 0 rings (SSSR count). The lowest BCUT2D eigenvalue weighted by atomic mass is 10.1. The van der Waals surface area contributed by atoms with Crippen molar-refractivity contribution in [3.63, 3.8) is 0 Å². The minimum absolute atomic E-state index is 0.252. The summed E-state index contributed by atoms with van der Waals surface area (Å²) in [5.74, 6) is -0.147. The molecule has 0 aliphatic carbocycles. The molecule has 4 heteroatoms. The van der Waals surface area contributed by atoms with E-state index >= 15 is 0 Å². The van der Waals surface area contributed by atoms with Gasteiger partial charge in [-0.05, 0) is 26.2 Å². The van der Waals surface area contributed by atoms with Crippen LogP contribution in [0.25, 0.3) is 0 Å². The van der Waals surface area contributed by atoms with Gasteiger partial charge < -0.3 is 10.6 Å². The fourth-order valence-electron chi connectivity index (χ4n) is 1.19. The van der Waals surface area contributed by atoms with Crippen molar-refractivity contribution in [1.29, 1.82) is 0 Å². The van der Waals surface area contributed by atoms with Crippen LogP contribution in [0.5, 0.6) is 0 Å². The summed E-state index contributed by atoms with van der Waals surface area (Å²) in [5, 5.41) is 5.44. The molecule has 96 valence electrons. The molecule has 0 aromatic carbocycles. The molecule has 4 nitrogen and oxygen atoms in total. The minimum Gasteiger partial charge on any atom is -0.332 e. The Kier molecular flexibility index (Phi) is 6.25. The number of rotatable bonds is 6. The van der Waals surface area contributed by atoms with Crippen LogP contribution in [0.4, 0.5) is 0 Å². The second kappa shape index (κ2) is 6.89. The van der Waals surface area contributed by atoms with Gasteiger partial charge in [0.05, 0.1) is 0 Å². The van der Waals surface area contributed by atoms with Crippen LogP contribution in [0.3, 0.4) is 0 Å². The summed E-state index contributed by atoms with van der Waals surface area (Å²) in [6.45, 7) is 14.4. The second-order valence-electron chi connectivity index (χ2n) is 4.69. The van der Waals surface area contributed by atoms with E-state index in [2.05, 4.69) is 23.8 Å². The number of amides is 2. The predicted molar refractivity (Wildman–Crippen MR) is 69.2 cm³/mol. The Bertz CT molecular complexity index is 304. The third-order valence-corrected chi connectivity index (χ3v) is 2.09. The average molecular weight is 238 g/mol. The Balaban J connectivity index is 4.54. The molecule has 0 aliphatic heterocycles. The molecule has 0 saturated heterocycles. The van der Waals surface area contributed by atoms with E-state index in [0.29, 0.717) is 23.5 Å². The summed E-state index contributed by atoms with van der Waals surface area (Å²) in [6.07, 6.45) is 0.279. The SMILES string of the molecule is C=C(C)C(=O)NC(CC(C)C)NC(=O)C(=C)C. The monoisotopic (exact) mass is 238 g/mol.